The highest BCUT2D eigenvalue weighted by Crippen LogP contribution is 2.35. The van der Waals surface area contributed by atoms with Crippen molar-refractivity contribution in [1.82, 2.24) is 15.6 Å². The highest BCUT2D eigenvalue weighted by Gasteiger charge is 2.24. The molecular weight excluding hydrogens is 446 g/mol. The monoisotopic (exact) mass is 459 g/mol. The van der Waals surface area contributed by atoms with Gasteiger partial charge < -0.3 is 25.6 Å². The van der Waals surface area contributed by atoms with Gasteiger partial charge in [0.25, 0.3) is 0 Å². The zero-order valence-corrected chi connectivity index (χ0v) is 16.5. The Kier molecular flexibility index (Phi) is 6.53. The molecule has 1 amide bonds. The van der Waals surface area contributed by atoms with Crippen LogP contribution in [0.4, 0.5) is 25.2 Å². The van der Waals surface area contributed by atoms with Gasteiger partial charge in [0.05, 0.1) is 35.6 Å². The Hall–Kier alpha value is -3.17. The topological polar surface area (TPSA) is 159 Å². The zero-order valence-electron chi connectivity index (χ0n) is 14.8. The number of nitrogens with one attached hydrogen (secondary N) is 3. The highest BCUT2D eigenvalue weighted by molar-refractivity contribution is 7.81. The standard InChI is InChI=1S/C15H14F2N6O5S2/c16-8-3-7(23(30(27)28)13-12(14(25)26)21-6-29-13)4-9(17)11(8)22-10(24)5-20-15-18-1-2-19-15/h3-4,6H,1-2,5H2,(H,22,24)(H,25,26)(H,27,28)(H2,18,19,20)/p-1. The van der Waals surface area contributed by atoms with E-state index < -0.39 is 51.8 Å². The predicted octanol–water partition coefficient (Wildman–Crippen LogP) is 0.539. The Morgan fingerprint density at radius 3 is 2.63 bits per heavy atom. The Morgan fingerprint density at radius 1 is 1.37 bits per heavy atom. The maximum atomic E-state index is 14.5. The number of aliphatic imine (C=N–C) groups is 1. The zero-order chi connectivity index (χ0) is 21.8. The normalized spacial score (nSPS) is 13.9. The van der Waals surface area contributed by atoms with E-state index in [1.54, 1.807) is 0 Å². The first kappa shape index (κ1) is 21.5. The number of carbonyl (C=O) groups is 2. The highest BCUT2D eigenvalue weighted by atomic mass is 32.2. The first-order chi connectivity index (χ1) is 14.3. The van der Waals surface area contributed by atoms with E-state index in [0.717, 1.165) is 5.51 Å². The molecule has 0 aliphatic carbocycles. The van der Waals surface area contributed by atoms with Gasteiger partial charge in [-0.15, -0.1) is 11.3 Å². The summed E-state index contributed by atoms with van der Waals surface area (Å²) in [7, 11) is 0. The molecule has 2 heterocycles. The quantitative estimate of drug-likeness (QED) is 0.437. The van der Waals surface area contributed by atoms with Crippen molar-refractivity contribution in [1.29, 1.82) is 0 Å². The molecule has 2 aromatic rings. The largest absolute Gasteiger partial charge is 0.755 e. The van der Waals surface area contributed by atoms with Gasteiger partial charge in [-0.2, -0.15) is 0 Å². The number of amides is 1. The third-order valence-electron chi connectivity index (χ3n) is 3.70. The Morgan fingerprint density at radius 2 is 2.07 bits per heavy atom. The van der Waals surface area contributed by atoms with E-state index in [1.165, 1.54) is 0 Å². The summed E-state index contributed by atoms with van der Waals surface area (Å²) < 4.78 is 52.6. The van der Waals surface area contributed by atoms with Gasteiger partial charge in [0.2, 0.25) is 5.91 Å². The van der Waals surface area contributed by atoms with E-state index in [1.807, 2.05) is 0 Å². The molecule has 3 rings (SSSR count). The minimum Gasteiger partial charge on any atom is -0.755 e. The number of carbonyl (C=O) groups excluding carboxylic acids is 1. The smallest absolute Gasteiger partial charge is 0.357 e. The number of carboxylic acids is 1. The van der Waals surface area contributed by atoms with Gasteiger partial charge in [-0.3, -0.25) is 18.3 Å². The fraction of sp³-hybridized carbons (Fsp3) is 0.200. The molecule has 1 aliphatic heterocycles. The molecule has 30 heavy (non-hydrogen) atoms. The van der Waals surface area contributed by atoms with Crippen molar-refractivity contribution in [2.75, 3.05) is 29.3 Å². The van der Waals surface area contributed by atoms with E-state index in [-0.39, 0.29) is 11.5 Å². The van der Waals surface area contributed by atoms with Crippen molar-refractivity contribution < 1.29 is 32.2 Å². The third kappa shape index (κ3) is 4.69. The molecule has 1 aromatic carbocycles. The van der Waals surface area contributed by atoms with Gasteiger partial charge >= 0.3 is 5.97 Å². The average molecular weight is 459 g/mol. The van der Waals surface area contributed by atoms with E-state index >= 15 is 0 Å². The molecule has 0 fully saturated rings. The van der Waals surface area contributed by atoms with Crippen molar-refractivity contribution in [2.24, 2.45) is 4.99 Å². The number of hydrogen-bond donors (Lipinski definition) is 4. The van der Waals surface area contributed by atoms with Crippen molar-refractivity contribution in [3.8, 4) is 0 Å². The fourth-order valence-corrected chi connectivity index (χ4v) is 3.98. The lowest BCUT2D eigenvalue weighted by Crippen LogP contribution is -2.39. The molecule has 0 radical (unpaired) electrons. The van der Waals surface area contributed by atoms with Crippen LogP contribution in [0.3, 0.4) is 0 Å². The van der Waals surface area contributed by atoms with Crippen LogP contribution in [0.2, 0.25) is 0 Å². The van der Waals surface area contributed by atoms with Gasteiger partial charge in [0, 0.05) is 18.7 Å². The maximum absolute atomic E-state index is 14.5. The van der Waals surface area contributed by atoms with Gasteiger partial charge in [0.1, 0.15) is 10.7 Å². The van der Waals surface area contributed by atoms with Gasteiger partial charge in [-0.1, -0.05) is 0 Å². The number of guanidine groups is 1. The number of aromatic carboxylic acids is 1. The second-order valence-electron chi connectivity index (χ2n) is 5.67. The lowest BCUT2D eigenvalue weighted by Gasteiger charge is -2.25. The van der Waals surface area contributed by atoms with Crippen LogP contribution < -0.4 is 20.3 Å². The summed E-state index contributed by atoms with van der Waals surface area (Å²) >= 11 is -2.45. The fourth-order valence-electron chi connectivity index (χ4n) is 2.46. The summed E-state index contributed by atoms with van der Waals surface area (Å²) in [5, 5.41) is 16.3. The molecule has 0 spiro atoms. The summed E-state index contributed by atoms with van der Waals surface area (Å²) in [5.41, 5.74) is -0.815. The maximum Gasteiger partial charge on any atom is 0.357 e. The van der Waals surface area contributed by atoms with Crippen LogP contribution in [0.15, 0.2) is 22.6 Å². The number of halogens is 2. The Labute approximate surface area is 174 Å². The van der Waals surface area contributed by atoms with Crippen LogP contribution in [-0.2, 0) is 16.1 Å². The summed E-state index contributed by atoms with van der Waals surface area (Å²) in [4.78, 5) is 30.7. The van der Waals surface area contributed by atoms with Crippen LogP contribution in [-0.4, -0.2) is 56.3 Å². The van der Waals surface area contributed by atoms with Crippen molar-refractivity contribution in [3.63, 3.8) is 0 Å². The van der Waals surface area contributed by atoms with Crippen LogP contribution in [0, 0.1) is 11.6 Å². The van der Waals surface area contributed by atoms with Crippen LogP contribution in [0.5, 0.6) is 0 Å². The van der Waals surface area contributed by atoms with E-state index in [0.29, 0.717) is 46.8 Å². The van der Waals surface area contributed by atoms with Gasteiger partial charge in [-0.05, 0) is 0 Å². The average Bonchev–Trinajstić information content (AvgIpc) is 3.35. The molecule has 0 saturated heterocycles. The number of nitrogens with zero attached hydrogens (tertiary/aromatic N) is 3. The number of rotatable bonds is 7. The van der Waals surface area contributed by atoms with E-state index in [4.69, 9.17) is 5.11 Å². The summed E-state index contributed by atoms with van der Waals surface area (Å²) in [6.07, 6.45) is 0. The minimum atomic E-state index is -3.11. The Balaban J connectivity index is 1.83. The molecule has 4 N–H and O–H groups in total. The van der Waals surface area contributed by atoms with Crippen LogP contribution >= 0.6 is 11.3 Å². The number of hydrogen-bond acceptors (Lipinski definition) is 9. The predicted molar refractivity (Wildman–Crippen MR) is 103 cm³/mol. The molecule has 1 aliphatic rings. The molecular formula is C15H13F2N6O5S2-. The first-order valence-electron chi connectivity index (χ1n) is 8.15. The molecule has 1 aromatic heterocycles. The van der Waals surface area contributed by atoms with Crippen molar-refractivity contribution >= 4 is 56.8 Å². The van der Waals surface area contributed by atoms with E-state index in [2.05, 4.69) is 25.9 Å². The summed E-state index contributed by atoms with van der Waals surface area (Å²) in [6, 6.07) is 1.30. The SMILES string of the molecule is O=C(CNC1=NCCN1)Nc1c(F)cc(N(c2scnc2C(=O)O)S(=O)[O-])cc1F. The lowest BCUT2D eigenvalue weighted by molar-refractivity contribution is -0.115. The number of benzene rings is 1. The molecule has 1 unspecified atom stereocenters. The number of thiazole rings is 1. The summed E-state index contributed by atoms with van der Waals surface area (Å²) in [6.45, 7) is 0.831. The third-order valence-corrected chi connectivity index (χ3v) is 5.32. The van der Waals surface area contributed by atoms with Crippen molar-refractivity contribution in [2.45, 2.75) is 0 Å². The van der Waals surface area contributed by atoms with Gasteiger partial charge in [-0.25, -0.2) is 18.6 Å². The number of carboxylic acid groups (broad SMARTS) is 1. The molecule has 15 heteroatoms. The molecule has 0 bridgehead atoms. The van der Waals surface area contributed by atoms with Crippen LogP contribution in [0.25, 0.3) is 0 Å². The molecule has 1 atom stereocenters. The molecule has 11 nitrogen and oxygen atoms in total. The molecule has 0 saturated carbocycles. The Bertz CT molecular complexity index is 1020. The molecule has 160 valence electrons. The number of anilines is 3. The first-order valence-corrected chi connectivity index (χ1v) is 10.1. The lowest BCUT2D eigenvalue weighted by atomic mass is 10.2. The minimum absolute atomic E-state index is 0.313. The number of aromatic nitrogens is 1. The van der Waals surface area contributed by atoms with Gasteiger partial charge in [0.15, 0.2) is 23.3 Å². The van der Waals surface area contributed by atoms with Crippen molar-refractivity contribution in [3.05, 3.63) is 35.0 Å². The second-order valence-corrected chi connectivity index (χ2v) is 7.30. The van der Waals surface area contributed by atoms with Crippen LogP contribution in [0.1, 0.15) is 10.5 Å². The van der Waals surface area contributed by atoms with E-state index in [9.17, 15) is 27.1 Å². The summed E-state index contributed by atoms with van der Waals surface area (Å²) in [5.74, 6) is -4.41. The second kappa shape index (κ2) is 9.10.